The SMILES string of the molecule is CC[C@H](NC(=O)OC)C(=O)N1[C@@H]2C[C@@H]2C[C@H]1c1nc(-c2ccc(-c3ccc(-c4nc([C@@H]5C[C@H]6C[C@H]6N5C(=O)[C@@H](NC(=O)OI)C5CCOCC5)[nH]c4Cl)cc3)cc2)c(Cl)[nH]1. The number of carbonyl (C=O) groups is 4. The summed E-state index contributed by atoms with van der Waals surface area (Å²) >= 11 is 15.1. The molecule has 316 valence electrons. The fourth-order valence-electron chi connectivity index (χ4n) is 9.57. The third-order valence-electron chi connectivity index (χ3n) is 12.9. The summed E-state index contributed by atoms with van der Waals surface area (Å²) < 4.78 is 15.2. The van der Waals surface area contributed by atoms with Crippen LogP contribution in [0.3, 0.4) is 0 Å². The molecule has 3 saturated heterocycles. The van der Waals surface area contributed by atoms with Gasteiger partial charge >= 0.3 is 12.2 Å². The first kappa shape index (κ1) is 41.0. The van der Waals surface area contributed by atoms with Crippen molar-refractivity contribution in [3.8, 4) is 33.6 Å². The Morgan fingerprint density at radius 1 is 0.767 bits per heavy atom. The van der Waals surface area contributed by atoms with Gasteiger partial charge in [0.25, 0.3) is 0 Å². The molecule has 3 aliphatic heterocycles. The van der Waals surface area contributed by atoms with E-state index in [0.29, 0.717) is 77.7 Å². The molecule has 0 unspecified atom stereocenters. The zero-order valence-corrected chi connectivity index (χ0v) is 36.6. The quantitative estimate of drug-likeness (QED) is 0.109. The molecule has 4 aromatic rings. The van der Waals surface area contributed by atoms with E-state index in [1.165, 1.54) is 30.1 Å². The Labute approximate surface area is 370 Å². The minimum atomic E-state index is -0.721. The molecule has 2 saturated carbocycles. The van der Waals surface area contributed by atoms with Crippen molar-refractivity contribution in [3.05, 3.63) is 70.5 Å². The van der Waals surface area contributed by atoms with Crippen molar-refractivity contribution in [2.24, 2.45) is 17.8 Å². The van der Waals surface area contributed by atoms with E-state index in [-0.39, 0.29) is 41.9 Å². The molecular weight excluding hydrogens is 926 g/mol. The lowest BCUT2D eigenvalue weighted by Gasteiger charge is -2.35. The van der Waals surface area contributed by atoms with Crippen LogP contribution in [0.5, 0.6) is 0 Å². The molecular formula is C42H45Cl2IN8O7. The van der Waals surface area contributed by atoms with Crippen molar-refractivity contribution in [1.29, 1.82) is 0 Å². The number of hydrogen-bond donors (Lipinski definition) is 4. The van der Waals surface area contributed by atoms with E-state index in [1.807, 2.05) is 65.3 Å². The standard InChI is InChI=1S/C42H45Cl2IN8O7/c1-3-27(46-41(56)58-2)39(54)52-28-16-25(28)18-30(52)37-47-32(35(43)50-37)22-8-4-20(5-9-22)21-6-10-23(11-7-21)33-36(44)51-38(48-33)31-19-26-17-29(26)53(31)40(55)34(49-42(57)60-45)24-12-14-59-15-13-24/h4-11,24-31,34H,3,12-19H2,1-2H3,(H,46,56)(H,47,50)(H,48,51)(H,49,57)/t25-,26-,27+,28-,29-,30+,31+,34+/m1/s1. The minimum absolute atomic E-state index is 0.0580. The second-order valence-corrected chi connectivity index (χ2v) is 17.6. The number of nitrogens with zero attached hydrogens (tertiary/aromatic N) is 4. The maximum atomic E-state index is 14.2. The van der Waals surface area contributed by atoms with Gasteiger partial charge in [-0.25, -0.2) is 19.6 Å². The predicted molar refractivity (Wildman–Crippen MR) is 230 cm³/mol. The molecule has 0 bridgehead atoms. The first-order chi connectivity index (χ1) is 29.1. The number of piperidine rings is 2. The van der Waals surface area contributed by atoms with Gasteiger partial charge in [0, 0.05) is 36.4 Å². The number of amides is 4. The van der Waals surface area contributed by atoms with Crippen molar-refractivity contribution >= 4 is 70.2 Å². The van der Waals surface area contributed by atoms with Gasteiger partial charge in [0.15, 0.2) is 23.0 Å². The van der Waals surface area contributed by atoms with E-state index in [4.69, 9.17) is 45.7 Å². The Bertz CT molecular complexity index is 2280. The number of rotatable bonds is 11. The highest BCUT2D eigenvalue weighted by Crippen LogP contribution is 2.55. The van der Waals surface area contributed by atoms with Crippen LogP contribution < -0.4 is 10.6 Å². The molecule has 2 aromatic carbocycles. The number of carbonyl (C=O) groups excluding carboxylic acids is 4. The van der Waals surface area contributed by atoms with Gasteiger partial charge < -0.3 is 42.9 Å². The number of aromatic amines is 2. The normalized spacial score (nSPS) is 25.2. The van der Waals surface area contributed by atoms with Crippen LogP contribution in [-0.4, -0.2) is 98.2 Å². The van der Waals surface area contributed by atoms with E-state index in [2.05, 4.69) is 20.6 Å². The Morgan fingerprint density at radius 2 is 1.25 bits per heavy atom. The third kappa shape index (κ3) is 7.84. The number of fused-ring (bicyclic) bond motifs is 2. The molecule has 0 spiro atoms. The smallest absolute Gasteiger partial charge is 0.417 e. The summed E-state index contributed by atoms with van der Waals surface area (Å²) in [5.41, 5.74) is 4.83. The van der Waals surface area contributed by atoms with Gasteiger partial charge in [0.1, 0.15) is 45.4 Å². The van der Waals surface area contributed by atoms with Gasteiger partial charge in [-0.1, -0.05) is 78.7 Å². The number of halogens is 3. The molecule has 15 nitrogen and oxygen atoms in total. The van der Waals surface area contributed by atoms with Crippen molar-refractivity contribution in [2.45, 2.75) is 88.1 Å². The first-order valence-corrected chi connectivity index (χ1v) is 22.1. The highest BCUT2D eigenvalue weighted by atomic mass is 127. The number of benzene rings is 2. The second-order valence-electron chi connectivity index (χ2n) is 16.4. The largest absolute Gasteiger partial charge is 0.453 e. The van der Waals surface area contributed by atoms with Crippen LogP contribution in [0.4, 0.5) is 9.59 Å². The maximum absolute atomic E-state index is 14.2. The van der Waals surface area contributed by atoms with Gasteiger partial charge in [-0.3, -0.25) is 9.59 Å². The zero-order valence-electron chi connectivity index (χ0n) is 33.0. The molecule has 5 heterocycles. The number of nitrogens with one attached hydrogen (secondary N) is 4. The van der Waals surface area contributed by atoms with Crippen LogP contribution in [0.25, 0.3) is 33.6 Å². The van der Waals surface area contributed by atoms with Crippen molar-refractivity contribution in [3.63, 3.8) is 0 Å². The Kier molecular flexibility index (Phi) is 11.5. The lowest BCUT2D eigenvalue weighted by atomic mass is 9.90. The third-order valence-corrected chi connectivity index (χ3v) is 13.8. The van der Waals surface area contributed by atoms with Crippen molar-refractivity contribution < 1.29 is 31.7 Å². The number of imidazole rings is 2. The Balaban J connectivity index is 0.888. The van der Waals surface area contributed by atoms with E-state index < -0.39 is 24.3 Å². The van der Waals surface area contributed by atoms with Crippen molar-refractivity contribution in [1.82, 2.24) is 40.4 Å². The first-order valence-electron chi connectivity index (χ1n) is 20.4. The number of alkyl carbamates (subject to hydrolysis) is 1. The number of H-pyrrole nitrogens is 2. The molecule has 5 aliphatic rings. The molecule has 2 aliphatic carbocycles. The van der Waals surface area contributed by atoms with Crippen LogP contribution in [0, 0.1) is 17.8 Å². The summed E-state index contributed by atoms with van der Waals surface area (Å²) in [6.45, 7) is 2.94. The number of likely N-dealkylation sites (tertiary alicyclic amines) is 2. The van der Waals surface area contributed by atoms with Crippen LogP contribution >= 0.6 is 46.2 Å². The van der Waals surface area contributed by atoms with Gasteiger partial charge in [0.2, 0.25) is 11.8 Å². The van der Waals surface area contributed by atoms with E-state index in [1.54, 1.807) is 0 Å². The molecule has 0 radical (unpaired) electrons. The van der Waals surface area contributed by atoms with Crippen LogP contribution in [0.15, 0.2) is 48.5 Å². The molecule has 18 heteroatoms. The summed E-state index contributed by atoms with van der Waals surface area (Å²) in [5, 5.41) is 6.27. The number of aromatic nitrogens is 4. The summed E-state index contributed by atoms with van der Waals surface area (Å²) in [6, 6.07) is 14.2. The highest BCUT2D eigenvalue weighted by molar-refractivity contribution is 14.1. The Hall–Kier alpha value is -4.39. The summed E-state index contributed by atoms with van der Waals surface area (Å²) in [5.74, 6) is 1.70. The lowest BCUT2D eigenvalue weighted by molar-refractivity contribution is -0.138. The molecule has 8 atom stereocenters. The summed E-state index contributed by atoms with van der Waals surface area (Å²) in [4.78, 5) is 72.3. The van der Waals surface area contributed by atoms with Gasteiger partial charge in [-0.2, -0.15) is 0 Å². The molecule has 5 fully saturated rings. The number of hydrogen-bond acceptors (Lipinski definition) is 9. The van der Waals surface area contributed by atoms with Gasteiger partial charge in [-0.15, -0.1) is 0 Å². The Morgan fingerprint density at radius 3 is 1.72 bits per heavy atom. The molecule has 9 rings (SSSR count). The predicted octanol–water partition coefficient (Wildman–Crippen LogP) is 7.77. The molecule has 2 aromatic heterocycles. The van der Waals surface area contributed by atoms with Gasteiger partial charge in [0.05, 0.1) is 19.2 Å². The summed E-state index contributed by atoms with van der Waals surface area (Å²) in [7, 11) is 1.28. The fourth-order valence-corrected chi connectivity index (χ4v) is 10.2. The van der Waals surface area contributed by atoms with Crippen LogP contribution in [-0.2, 0) is 22.1 Å². The maximum Gasteiger partial charge on any atom is 0.417 e. The van der Waals surface area contributed by atoms with Crippen LogP contribution in [0.2, 0.25) is 10.3 Å². The number of ether oxygens (including phenoxy) is 2. The monoisotopic (exact) mass is 970 g/mol. The average molecular weight is 972 g/mol. The minimum Gasteiger partial charge on any atom is -0.453 e. The molecule has 4 amide bonds. The summed E-state index contributed by atoms with van der Waals surface area (Å²) in [6.07, 6.45) is 3.92. The zero-order chi connectivity index (χ0) is 41.8. The van der Waals surface area contributed by atoms with Crippen molar-refractivity contribution in [2.75, 3.05) is 20.3 Å². The van der Waals surface area contributed by atoms with Gasteiger partial charge in [-0.05, 0) is 73.8 Å². The van der Waals surface area contributed by atoms with E-state index in [0.717, 1.165) is 47.9 Å². The molecule has 4 N–H and O–H groups in total. The average Bonchev–Trinajstić information content (AvgIpc) is 3.98. The van der Waals surface area contributed by atoms with E-state index in [9.17, 15) is 19.2 Å². The fraction of sp³-hybridized carbons (Fsp3) is 0.476. The highest BCUT2D eigenvalue weighted by Gasteiger charge is 2.57. The molecule has 60 heavy (non-hydrogen) atoms. The van der Waals surface area contributed by atoms with E-state index >= 15 is 0 Å². The second kappa shape index (κ2) is 16.8. The number of methoxy groups -OCH3 is 1. The van der Waals surface area contributed by atoms with Crippen LogP contribution in [0.1, 0.15) is 75.6 Å². The topological polar surface area (TPSA) is 184 Å². The lowest BCUT2D eigenvalue weighted by Crippen LogP contribution is -2.53.